The Balaban J connectivity index is 1.43. The molecule has 3 N–H and O–H groups in total. The average molecular weight is 438 g/mol. The molecule has 5 rings (SSSR count). The van der Waals surface area contributed by atoms with E-state index in [-0.39, 0.29) is 6.04 Å². The minimum atomic E-state index is -0.469. The highest BCUT2D eigenvalue weighted by Gasteiger charge is 2.46. The van der Waals surface area contributed by atoms with Gasteiger partial charge in [0.2, 0.25) is 0 Å². The molecule has 170 valence electrons. The molecule has 1 saturated carbocycles. The Labute approximate surface area is 187 Å². The number of carbonyl (C=O) groups is 1. The van der Waals surface area contributed by atoms with Gasteiger partial charge in [0.1, 0.15) is 0 Å². The third-order valence-corrected chi connectivity index (χ3v) is 7.32. The van der Waals surface area contributed by atoms with Gasteiger partial charge < -0.3 is 20.7 Å². The smallest absolute Gasteiger partial charge is 0.252 e. The molecular formula is C23H31N7O2. The lowest BCUT2D eigenvalue weighted by Gasteiger charge is -2.25. The van der Waals surface area contributed by atoms with Crippen LogP contribution < -0.4 is 11.1 Å². The highest BCUT2D eigenvalue weighted by atomic mass is 16.5. The van der Waals surface area contributed by atoms with Crippen LogP contribution in [0.3, 0.4) is 0 Å². The van der Waals surface area contributed by atoms with Crippen LogP contribution in [0.5, 0.6) is 0 Å². The topological polar surface area (TPSA) is 103 Å². The first-order valence-corrected chi connectivity index (χ1v) is 11.2. The number of carbonyl (C=O) groups excluding carboxylic acids is 1. The van der Waals surface area contributed by atoms with Crippen LogP contribution in [-0.2, 0) is 11.8 Å². The molecule has 2 aliphatic rings. The van der Waals surface area contributed by atoms with Gasteiger partial charge in [-0.2, -0.15) is 10.2 Å². The molecule has 0 radical (unpaired) electrons. The van der Waals surface area contributed by atoms with E-state index in [9.17, 15) is 4.79 Å². The molecule has 0 aromatic carbocycles. The highest BCUT2D eigenvalue weighted by Crippen LogP contribution is 2.44. The second kappa shape index (κ2) is 8.22. The molecule has 1 aliphatic heterocycles. The van der Waals surface area contributed by atoms with Gasteiger partial charge in [-0.25, -0.2) is 4.52 Å². The maximum atomic E-state index is 12.2. The Hall–Kier alpha value is -2.91. The number of rotatable bonds is 7. The number of hydrogen-bond acceptors (Lipinski definition) is 6. The summed E-state index contributed by atoms with van der Waals surface area (Å²) in [6.45, 7) is 6.31. The van der Waals surface area contributed by atoms with Crippen molar-refractivity contribution in [1.29, 1.82) is 0 Å². The van der Waals surface area contributed by atoms with E-state index in [1.54, 1.807) is 18.0 Å². The summed E-state index contributed by atoms with van der Waals surface area (Å²) >= 11 is 0. The SMILES string of the molecule is COCCN1C[C@H]2C[C@@H](Nc3c(C(N)=O)cnn4cc(-c5cnn(C)c5)cc34)[C@@H](C)[C@@H]2C1. The maximum Gasteiger partial charge on any atom is 0.252 e. The standard InChI is InChI=1S/C23H31N7O2/c1-14-19-13-29(4-5-32-3)11-16(19)6-20(14)27-22-18(23(24)31)9-26-30-12-15(7-21(22)30)17-8-25-28(2)10-17/h7-10,12,14,16,19-20,27H,4-6,11,13H2,1-3H3,(H2,24,31)/t14-,16+,19-,20+/m0/s1. The van der Waals surface area contributed by atoms with Crippen LogP contribution in [0.25, 0.3) is 16.6 Å². The number of anilines is 1. The van der Waals surface area contributed by atoms with Crippen LogP contribution in [0.4, 0.5) is 5.69 Å². The van der Waals surface area contributed by atoms with Gasteiger partial charge in [-0.05, 0) is 30.2 Å². The highest BCUT2D eigenvalue weighted by molar-refractivity contribution is 6.02. The van der Waals surface area contributed by atoms with Crippen molar-refractivity contribution in [3.05, 3.63) is 36.4 Å². The Morgan fingerprint density at radius 1 is 1.25 bits per heavy atom. The summed E-state index contributed by atoms with van der Waals surface area (Å²) < 4.78 is 8.83. The van der Waals surface area contributed by atoms with E-state index in [1.165, 1.54) is 0 Å². The van der Waals surface area contributed by atoms with Gasteiger partial charge in [-0.3, -0.25) is 9.48 Å². The van der Waals surface area contributed by atoms with Crippen LogP contribution in [0.15, 0.2) is 30.9 Å². The first kappa shape index (κ1) is 21.0. The third kappa shape index (κ3) is 3.65. The van der Waals surface area contributed by atoms with Gasteiger partial charge in [0.25, 0.3) is 5.91 Å². The van der Waals surface area contributed by atoms with Crippen molar-refractivity contribution in [2.75, 3.05) is 38.7 Å². The van der Waals surface area contributed by atoms with Gasteiger partial charge in [-0.1, -0.05) is 6.92 Å². The quantitative estimate of drug-likeness (QED) is 0.585. The molecule has 4 heterocycles. The molecule has 2 fully saturated rings. The van der Waals surface area contributed by atoms with Crippen LogP contribution in [-0.4, -0.2) is 69.6 Å². The first-order valence-electron chi connectivity index (χ1n) is 11.2. The molecule has 3 aromatic rings. The number of nitrogens with two attached hydrogens (primary N) is 1. The molecule has 0 spiro atoms. The fourth-order valence-corrected chi connectivity index (χ4v) is 5.57. The van der Waals surface area contributed by atoms with Gasteiger partial charge in [-0.15, -0.1) is 0 Å². The molecule has 3 aromatic heterocycles. The van der Waals surface area contributed by atoms with Crippen LogP contribution in [0, 0.1) is 17.8 Å². The molecule has 0 bridgehead atoms. The zero-order chi connectivity index (χ0) is 22.4. The van der Waals surface area contributed by atoms with Crippen molar-refractivity contribution in [3.8, 4) is 11.1 Å². The molecule has 1 saturated heterocycles. The number of hydrogen-bond donors (Lipinski definition) is 2. The maximum absolute atomic E-state index is 12.2. The molecule has 9 heteroatoms. The lowest BCUT2D eigenvalue weighted by molar-refractivity contribution is 0.100. The summed E-state index contributed by atoms with van der Waals surface area (Å²) in [5, 5.41) is 12.4. The van der Waals surface area contributed by atoms with Crippen molar-refractivity contribution in [2.24, 2.45) is 30.5 Å². The number of aryl methyl sites for hydroxylation is 1. The number of primary amides is 1. The minimum Gasteiger partial charge on any atom is -0.383 e. The fraction of sp³-hybridized carbons (Fsp3) is 0.522. The number of nitrogens with zero attached hydrogens (tertiary/aromatic N) is 5. The fourth-order valence-electron chi connectivity index (χ4n) is 5.57. The van der Waals surface area contributed by atoms with Crippen LogP contribution in [0.1, 0.15) is 23.7 Å². The number of fused-ring (bicyclic) bond motifs is 2. The summed E-state index contributed by atoms with van der Waals surface area (Å²) in [4.78, 5) is 14.8. The minimum absolute atomic E-state index is 0.288. The van der Waals surface area contributed by atoms with Crippen molar-refractivity contribution >= 4 is 17.1 Å². The molecule has 4 atom stereocenters. The van der Waals surface area contributed by atoms with E-state index < -0.39 is 5.91 Å². The number of nitrogens with one attached hydrogen (secondary N) is 1. The zero-order valence-corrected chi connectivity index (χ0v) is 18.9. The van der Waals surface area contributed by atoms with E-state index in [0.29, 0.717) is 23.3 Å². The summed E-state index contributed by atoms with van der Waals surface area (Å²) in [7, 11) is 3.65. The van der Waals surface area contributed by atoms with Crippen LogP contribution >= 0.6 is 0 Å². The first-order chi connectivity index (χ1) is 15.4. The van der Waals surface area contributed by atoms with Crippen molar-refractivity contribution < 1.29 is 9.53 Å². The molecular weight excluding hydrogens is 406 g/mol. The predicted molar refractivity (Wildman–Crippen MR) is 122 cm³/mol. The number of amides is 1. The van der Waals surface area contributed by atoms with Crippen molar-refractivity contribution in [2.45, 2.75) is 19.4 Å². The Morgan fingerprint density at radius 2 is 2.09 bits per heavy atom. The van der Waals surface area contributed by atoms with E-state index in [0.717, 1.165) is 55.0 Å². The number of ether oxygens (including phenoxy) is 1. The third-order valence-electron chi connectivity index (χ3n) is 7.32. The number of likely N-dealkylation sites (tertiary alicyclic amines) is 1. The Bertz CT molecular complexity index is 1140. The summed E-state index contributed by atoms with van der Waals surface area (Å²) in [6.07, 6.45) is 8.40. The monoisotopic (exact) mass is 437 g/mol. The summed E-state index contributed by atoms with van der Waals surface area (Å²) in [6, 6.07) is 2.33. The largest absolute Gasteiger partial charge is 0.383 e. The van der Waals surface area contributed by atoms with E-state index in [4.69, 9.17) is 10.5 Å². The number of aromatic nitrogens is 4. The average Bonchev–Trinajstić information content (AvgIpc) is 3.52. The summed E-state index contributed by atoms with van der Waals surface area (Å²) in [5.74, 6) is 1.33. The second-order valence-corrected chi connectivity index (χ2v) is 9.28. The molecule has 32 heavy (non-hydrogen) atoms. The van der Waals surface area contributed by atoms with Gasteiger partial charge >= 0.3 is 0 Å². The van der Waals surface area contributed by atoms with Crippen LogP contribution in [0.2, 0.25) is 0 Å². The second-order valence-electron chi connectivity index (χ2n) is 9.28. The Morgan fingerprint density at radius 3 is 2.78 bits per heavy atom. The molecule has 9 nitrogen and oxygen atoms in total. The van der Waals surface area contributed by atoms with Gasteiger partial charge in [0, 0.05) is 63.4 Å². The van der Waals surface area contributed by atoms with E-state index in [2.05, 4.69) is 27.3 Å². The van der Waals surface area contributed by atoms with Crippen molar-refractivity contribution in [1.82, 2.24) is 24.3 Å². The lowest BCUT2D eigenvalue weighted by atomic mass is 9.93. The van der Waals surface area contributed by atoms with E-state index >= 15 is 0 Å². The predicted octanol–water partition coefficient (Wildman–Crippen LogP) is 1.85. The zero-order valence-electron chi connectivity index (χ0n) is 18.9. The van der Waals surface area contributed by atoms with Gasteiger partial charge in [0.05, 0.1) is 35.8 Å². The summed E-state index contributed by atoms with van der Waals surface area (Å²) in [5.41, 5.74) is 9.79. The number of methoxy groups -OCH3 is 1. The van der Waals surface area contributed by atoms with E-state index in [1.807, 2.05) is 36.2 Å². The van der Waals surface area contributed by atoms with Crippen molar-refractivity contribution in [3.63, 3.8) is 0 Å². The molecule has 1 amide bonds. The van der Waals surface area contributed by atoms with Gasteiger partial charge in [0.15, 0.2) is 0 Å². The molecule has 0 unspecified atom stereocenters. The molecule has 1 aliphatic carbocycles. The normalized spacial score (nSPS) is 25.5. The lowest BCUT2D eigenvalue weighted by Crippen LogP contribution is -2.32. The Kier molecular flexibility index (Phi) is 5.38.